The van der Waals surface area contributed by atoms with Gasteiger partial charge in [-0.2, -0.15) is 4.98 Å². The minimum atomic E-state index is 0.0289. The van der Waals surface area contributed by atoms with Gasteiger partial charge in [0.05, 0.1) is 7.11 Å². The number of carbonyl (C=O) groups excluding carboxylic acids is 1. The first-order valence-corrected chi connectivity index (χ1v) is 8.94. The first kappa shape index (κ1) is 17.3. The highest BCUT2D eigenvalue weighted by Gasteiger charge is 2.24. The summed E-state index contributed by atoms with van der Waals surface area (Å²) in [4.78, 5) is 21.4. The van der Waals surface area contributed by atoms with Crippen LogP contribution in [0, 0.1) is 13.8 Å². The molecule has 3 aromatic rings. The number of aryl methyl sites for hydroxylation is 2. The summed E-state index contributed by atoms with van der Waals surface area (Å²) in [5.74, 6) is 3.03. The third-order valence-electron chi connectivity index (χ3n) is 4.92. The lowest BCUT2D eigenvalue weighted by Crippen LogP contribution is -2.49. The lowest BCUT2D eigenvalue weighted by atomic mass is 10.1. The average Bonchev–Trinajstić information content (AvgIpc) is 3.09. The topological polar surface area (TPSA) is 75.9 Å². The number of benzene rings is 1. The van der Waals surface area contributed by atoms with Gasteiger partial charge in [-0.3, -0.25) is 9.20 Å². The first-order valence-electron chi connectivity index (χ1n) is 8.94. The van der Waals surface area contributed by atoms with E-state index in [1.54, 1.807) is 13.2 Å². The minimum absolute atomic E-state index is 0.0289. The zero-order chi connectivity index (χ0) is 19.0. The Balaban J connectivity index is 1.48. The molecule has 3 heterocycles. The fourth-order valence-electron chi connectivity index (χ4n) is 3.46. The third kappa shape index (κ3) is 3.18. The zero-order valence-corrected chi connectivity index (χ0v) is 15.7. The summed E-state index contributed by atoms with van der Waals surface area (Å²) < 4.78 is 7.15. The van der Waals surface area contributed by atoms with Crippen LogP contribution in [-0.4, -0.2) is 63.7 Å². The molecule has 27 heavy (non-hydrogen) atoms. The average molecular weight is 366 g/mol. The Kier molecular flexibility index (Phi) is 4.39. The second-order valence-electron chi connectivity index (χ2n) is 6.65. The first-order chi connectivity index (χ1) is 13.1. The third-order valence-corrected chi connectivity index (χ3v) is 4.92. The highest BCUT2D eigenvalue weighted by atomic mass is 16.5. The predicted molar refractivity (Wildman–Crippen MR) is 101 cm³/mol. The summed E-state index contributed by atoms with van der Waals surface area (Å²) in [5.41, 5.74) is 1.70. The Morgan fingerprint density at radius 1 is 1.07 bits per heavy atom. The van der Waals surface area contributed by atoms with Gasteiger partial charge in [-0.1, -0.05) is 6.07 Å². The van der Waals surface area contributed by atoms with Crippen LogP contribution in [-0.2, 0) is 0 Å². The Labute approximate surface area is 157 Å². The summed E-state index contributed by atoms with van der Waals surface area (Å²) in [6.45, 7) is 6.69. The van der Waals surface area contributed by atoms with Crippen LogP contribution in [0.2, 0.25) is 0 Å². The molecule has 1 fully saturated rings. The van der Waals surface area contributed by atoms with E-state index < -0.39 is 0 Å². The number of amides is 1. The number of fused-ring (bicyclic) bond motifs is 1. The van der Waals surface area contributed by atoms with Gasteiger partial charge < -0.3 is 14.5 Å². The van der Waals surface area contributed by atoms with Crippen molar-refractivity contribution in [2.75, 3.05) is 38.2 Å². The summed E-state index contributed by atoms with van der Waals surface area (Å²) in [6.07, 6.45) is 0. The van der Waals surface area contributed by atoms with Crippen molar-refractivity contribution >= 4 is 17.5 Å². The van der Waals surface area contributed by atoms with Crippen molar-refractivity contribution in [1.82, 2.24) is 24.5 Å². The van der Waals surface area contributed by atoms with Crippen molar-refractivity contribution in [2.24, 2.45) is 0 Å². The molecule has 2 aromatic heterocycles. The Morgan fingerprint density at radius 3 is 2.59 bits per heavy atom. The fraction of sp³-hybridized carbons (Fsp3) is 0.368. The van der Waals surface area contributed by atoms with E-state index in [0.29, 0.717) is 30.2 Å². The summed E-state index contributed by atoms with van der Waals surface area (Å²) in [6, 6.07) is 9.32. The molecular weight excluding hydrogens is 344 g/mol. The standard InChI is InChI=1S/C19H22N6O2/c1-13-11-17(20-19-22-21-14(2)25(13)19)23-7-9-24(10-8-23)18(26)15-5-4-6-16(12-15)27-3/h4-6,11-12H,7-10H2,1-3H3. The second kappa shape index (κ2) is 6.86. The van der Waals surface area contributed by atoms with E-state index in [4.69, 9.17) is 4.74 Å². The number of carbonyl (C=O) groups is 1. The molecule has 140 valence electrons. The van der Waals surface area contributed by atoms with Crippen LogP contribution in [0.4, 0.5) is 5.82 Å². The number of piperazine rings is 1. The number of anilines is 1. The van der Waals surface area contributed by atoms with Gasteiger partial charge in [0.2, 0.25) is 0 Å². The smallest absolute Gasteiger partial charge is 0.257 e. The van der Waals surface area contributed by atoms with Crippen molar-refractivity contribution < 1.29 is 9.53 Å². The molecule has 1 aromatic carbocycles. The molecule has 0 saturated carbocycles. The van der Waals surface area contributed by atoms with Gasteiger partial charge in [-0.05, 0) is 32.0 Å². The zero-order valence-electron chi connectivity index (χ0n) is 15.7. The van der Waals surface area contributed by atoms with Crippen molar-refractivity contribution in [2.45, 2.75) is 13.8 Å². The number of hydrogen-bond donors (Lipinski definition) is 0. The maximum atomic E-state index is 12.8. The van der Waals surface area contributed by atoms with E-state index in [9.17, 15) is 4.79 Å². The summed E-state index contributed by atoms with van der Waals surface area (Å²) in [7, 11) is 1.60. The van der Waals surface area contributed by atoms with Gasteiger partial charge >= 0.3 is 0 Å². The molecule has 1 aliphatic heterocycles. The highest BCUT2D eigenvalue weighted by Crippen LogP contribution is 2.19. The predicted octanol–water partition coefficient (Wildman–Crippen LogP) is 1.71. The van der Waals surface area contributed by atoms with Crippen LogP contribution in [0.25, 0.3) is 5.78 Å². The number of aromatic nitrogens is 4. The van der Waals surface area contributed by atoms with E-state index >= 15 is 0 Å². The minimum Gasteiger partial charge on any atom is -0.497 e. The lowest BCUT2D eigenvalue weighted by molar-refractivity contribution is 0.0746. The molecule has 1 aliphatic rings. The van der Waals surface area contributed by atoms with Gasteiger partial charge in [0.1, 0.15) is 17.4 Å². The Morgan fingerprint density at radius 2 is 1.85 bits per heavy atom. The molecular formula is C19H22N6O2. The molecule has 8 heteroatoms. The molecule has 4 rings (SSSR count). The molecule has 0 N–H and O–H groups in total. The summed E-state index contributed by atoms with van der Waals surface area (Å²) in [5, 5.41) is 8.23. The van der Waals surface area contributed by atoms with Crippen LogP contribution in [0.5, 0.6) is 5.75 Å². The molecule has 8 nitrogen and oxygen atoms in total. The van der Waals surface area contributed by atoms with Crippen molar-refractivity contribution in [3.05, 3.63) is 47.4 Å². The van der Waals surface area contributed by atoms with Gasteiger partial charge in [0, 0.05) is 43.5 Å². The van der Waals surface area contributed by atoms with Crippen LogP contribution >= 0.6 is 0 Å². The van der Waals surface area contributed by atoms with Crippen molar-refractivity contribution in [3.8, 4) is 5.75 Å². The van der Waals surface area contributed by atoms with Gasteiger partial charge in [0.15, 0.2) is 0 Å². The number of hydrogen-bond acceptors (Lipinski definition) is 6. The Bertz CT molecular complexity index is 991. The van der Waals surface area contributed by atoms with Crippen LogP contribution in [0.15, 0.2) is 30.3 Å². The quantitative estimate of drug-likeness (QED) is 0.702. The van der Waals surface area contributed by atoms with E-state index in [1.165, 1.54) is 0 Å². The van der Waals surface area contributed by atoms with Crippen molar-refractivity contribution in [1.29, 1.82) is 0 Å². The SMILES string of the molecule is COc1cccc(C(=O)N2CCN(c3cc(C)n4c(C)nnc4n3)CC2)c1. The van der Waals surface area contributed by atoms with E-state index in [1.807, 2.05) is 47.4 Å². The molecule has 1 saturated heterocycles. The number of ether oxygens (including phenoxy) is 1. The van der Waals surface area contributed by atoms with Crippen molar-refractivity contribution in [3.63, 3.8) is 0 Å². The van der Waals surface area contributed by atoms with E-state index in [2.05, 4.69) is 20.1 Å². The largest absolute Gasteiger partial charge is 0.497 e. The highest BCUT2D eigenvalue weighted by molar-refractivity contribution is 5.94. The second-order valence-corrected chi connectivity index (χ2v) is 6.65. The van der Waals surface area contributed by atoms with Crippen LogP contribution in [0.1, 0.15) is 21.9 Å². The van der Waals surface area contributed by atoms with Crippen LogP contribution < -0.4 is 9.64 Å². The number of rotatable bonds is 3. The van der Waals surface area contributed by atoms with Crippen LogP contribution in [0.3, 0.4) is 0 Å². The normalized spacial score (nSPS) is 14.6. The molecule has 0 atom stereocenters. The number of nitrogens with zero attached hydrogens (tertiary/aromatic N) is 6. The van der Waals surface area contributed by atoms with Gasteiger partial charge in [-0.15, -0.1) is 10.2 Å². The molecule has 0 radical (unpaired) electrons. The van der Waals surface area contributed by atoms with Gasteiger partial charge in [-0.25, -0.2) is 0 Å². The molecule has 1 amide bonds. The Hall–Kier alpha value is -3.16. The molecule has 0 unspecified atom stereocenters. The lowest BCUT2D eigenvalue weighted by Gasteiger charge is -2.35. The maximum Gasteiger partial charge on any atom is 0.257 e. The fourth-order valence-corrected chi connectivity index (χ4v) is 3.46. The summed E-state index contributed by atoms with van der Waals surface area (Å²) >= 11 is 0. The number of methoxy groups -OCH3 is 1. The maximum absolute atomic E-state index is 12.8. The monoisotopic (exact) mass is 366 g/mol. The van der Waals surface area contributed by atoms with E-state index in [-0.39, 0.29) is 5.91 Å². The van der Waals surface area contributed by atoms with E-state index in [0.717, 1.165) is 30.4 Å². The molecule has 0 bridgehead atoms. The molecule has 0 spiro atoms. The van der Waals surface area contributed by atoms with Gasteiger partial charge in [0.25, 0.3) is 11.7 Å². The molecule has 0 aliphatic carbocycles.